The van der Waals surface area contributed by atoms with Crippen LogP contribution in [0.2, 0.25) is 5.02 Å². The van der Waals surface area contributed by atoms with Crippen LogP contribution in [0.1, 0.15) is 18.1 Å². The number of piperazine rings is 1. The van der Waals surface area contributed by atoms with Crippen LogP contribution in [-0.2, 0) is 4.74 Å². The fourth-order valence-corrected chi connectivity index (χ4v) is 4.44. The molecule has 2 saturated heterocycles. The van der Waals surface area contributed by atoms with Crippen molar-refractivity contribution in [1.29, 1.82) is 0 Å². The Labute approximate surface area is 178 Å². The lowest BCUT2D eigenvalue weighted by Gasteiger charge is -2.38. The lowest BCUT2D eigenvalue weighted by Crippen LogP contribution is -2.53. The first kappa shape index (κ1) is 20.0. The lowest BCUT2D eigenvalue weighted by atomic mass is 9.95. The zero-order chi connectivity index (χ0) is 20.1. The van der Waals surface area contributed by atoms with E-state index in [1.54, 1.807) is 0 Å². The second-order valence-electron chi connectivity index (χ2n) is 7.63. The Morgan fingerprint density at radius 1 is 1.10 bits per heavy atom. The van der Waals surface area contributed by atoms with Crippen LogP contribution in [0.5, 0.6) is 0 Å². The van der Waals surface area contributed by atoms with E-state index in [9.17, 15) is 0 Å². The van der Waals surface area contributed by atoms with Crippen molar-refractivity contribution in [3.05, 3.63) is 65.2 Å². The summed E-state index contributed by atoms with van der Waals surface area (Å²) in [4.78, 5) is 9.26. The summed E-state index contributed by atoms with van der Waals surface area (Å²) >= 11 is 6.15. The predicted octanol–water partition coefficient (Wildman–Crippen LogP) is 3.82. The topological polar surface area (TPSA) is 40.1 Å². The molecule has 0 aromatic heterocycles. The van der Waals surface area contributed by atoms with Crippen LogP contribution < -0.4 is 10.2 Å². The van der Waals surface area contributed by atoms with Crippen LogP contribution in [0.4, 0.5) is 5.69 Å². The second-order valence-corrected chi connectivity index (χ2v) is 8.07. The molecule has 2 atom stereocenters. The number of guanidine groups is 1. The van der Waals surface area contributed by atoms with Gasteiger partial charge in [0.15, 0.2) is 5.96 Å². The third kappa shape index (κ3) is 4.85. The van der Waals surface area contributed by atoms with Crippen LogP contribution in [0, 0.1) is 5.92 Å². The standard InChI is InChI=1S/C23H29ClN4O/c1-25-23(26-17-19-10-15-29-22(19)18-6-3-2-4-7-18)28-13-11-27(12-14-28)21-9-5-8-20(24)16-21/h2-9,16,19,22H,10-15,17H2,1H3,(H,25,26). The number of benzene rings is 2. The molecule has 2 fully saturated rings. The summed E-state index contributed by atoms with van der Waals surface area (Å²) in [6, 6.07) is 18.6. The minimum atomic E-state index is 0.168. The van der Waals surface area contributed by atoms with Gasteiger partial charge >= 0.3 is 0 Å². The minimum Gasteiger partial charge on any atom is -0.373 e. The Morgan fingerprint density at radius 3 is 2.62 bits per heavy atom. The fraction of sp³-hybridized carbons (Fsp3) is 0.435. The van der Waals surface area contributed by atoms with Gasteiger partial charge in [0.1, 0.15) is 0 Å². The van der Waals surface area contributed by atoms with Crippen molar-refractivity contribution >= 4 is 23.2 Å². The third-order valence-electron chi connectivity index (χ3n) is 5.83. The Kier molecular flexibility index (Phi) is 6.57. The predicted molar refractivity (Wildman–Crippen MR) is 120 cm³/mol. The second kappa shape index (κ2) is 9.51. The van der Waals surface area contributed by atoms with E-state index in [1.165, 1.54) is 11.3 Å². The molecular weight excluding hydrogens is 384 g/mol. The molecule has 2 aliphatic heterocycles. The maximum atomic E-state index is 6.15. The van der Waals surface area contributed by atoms with Gasteiger partial charge in [0.25, 0.3) is 0 Å². The van der Waals surface area contributed by atoms with E-state index in [1.807, 2.05) is 25.2 Å². The van der Waals surface area contributed by atoms with Gasteiger partial charge in [-0.15, -0.1) is 0 Å². The van der Waals surface area contributed by atoms with Gasteiger partial charge in [-0.05, 0) is 30.2 Å². The van der Waals surface area contributed by atoms with E-state index in [0.29, 0.717) is 5.92 Å². The van der Waals surface area contributed by atoms with E-state index >= 15 is 0 Å². The summed E-state index contributed by atoms with van der Waals surface area (Å²) < 4.78 is 6.02. The lowest BCUT2D eigenvalue weighted by molar-refractivity contribution is 0.0913. The van der Waals surface area contributed by atoms with Crippen molar-refractivity contribution < 1.29 is 4.74 Å². The summed E-state index contributed by atoms with van der Waals surface area (Å²) in [6.07, 6.45) is 1.24. The number of halogens is 1. The highest BCUT2D eigenvalue weighted by Gasteiger charge is 2.30. The smallest absolute Gasteiger partial charge is 0.193 e. The number of hydrogen-bond acceptors (Lipinski definition) is 3. The molecule has 2 aromatic rings. The molecule has 0 bridgehead atoms. The quantitative estimate of drug-likeness (QED) is 0.612. The molecule has 0 amide bonds. The maximum Gasteiger partial charge on any atom is 0.193 e. The van der Waals surface area contributed by atoms with Gasteiger partial charge in [0.05, 0.1) is 6.10 Å². The number of anilines is 1. The molecule has 2 heterocycles. The van der Waals surface area contributed by atoms with Crippen LogP contribution in [0.15, 0.2) is 59.6 Å². The number of ether oxygens (including phenoxy) is 1. The number of aliphatic imine (C=N–C) groups is 1. The molecule has 0 saturated carbocycles. The molecule has 0 aliphatic carbocycles. The van der Waals surface area contributed by atoms with Gasteiger partial charge in [-0.3, -0.25) is 4.99 Å². The fourth-order valence-electron chi connectivity index (χ4n) is 4.26. The molecule has 0 radical (unpaired) electrons. The van der Waals surface area contributed by atoms with Crippen molar-refractivity contribution in [3.8, 4) is 0 Å². The van der Waals surface area contributed by atoms with Crippen LogP contribution in [-0.4, -0.2) is 57.2 Å². The zero-order valence-electron chi connectivity index (χ0n) is 16.9. The first-order valence-corrected chi connectivity index (χ1v) is 10.7. The van der Waals surface area contributed by atoms with Crippen molar-refractivity contribution in [2.24, 2.45) is 10.9 Å². The number of nitrogens with zero attached hydrogens (tertiary/aromatic N) is 3. The van der Waals surface area contributed by atoms with Gasteiger partial charge in [-0.1, -0.05) is 48.0 Å². The molecule has 2 aliphatic rings. The average Bonchev–Trinajstić information content (AvgIpc) is 3.24. The summed E-state index contributed by atoms with van der Waals surface area (Å²) in [7, 11) is 1.87. The Morgan fingerprint density at radius 2 is 1.90 bits per heavy atom. The Balaban J connectivity index is 1.31. The maximum absolute atomic E-state index is 6.15. The molecular formula is C23H29ClN4O. The van der Waals surface area contributed by atoms with Crippen molar-refractivity contribution in [2.75, 3.05) is 51.3 Å². The third-order valence-corrected chi connectivity index (χ3v) is 6.06. The summed E-state index contributed by atoms with van der Waals surface area (Å²) in [5.41, 5.74) is 2.45. The van der Waals surface area contributed by atoms with Gasteiger partial charge in [-0.25, -0.2) is 0 Å². The van der Waals surface area contributed by atoms with Crippen molar-refractivity contribution in [3.63, 3.8) is 0 Å². The molecule has 29 heavy (non-hydrogen) atoms. The van der Waals surface area contributed by atoms with Gasteiger partial charge < -0.3 is 19.9 Å². The minimum absolute atomic E-state index is 0.168. The van der Waals surface area contributed by atoms with E-state index in [2.05, 4.69) is 56.5 Å². The van der Waals surface area contributed by atoms with Crippen molar-refractivity contribution in [1.82, 2.24) is 10.2 Å². The summed E-state index contributed by atoms with van der Waals surface area (Å²) in [5, 5.41) is 4.39. The molecule has 0 spiro atoms. The van der Waals surface area contributed by atoms with Crippen molar-refractivity contribution in [2.45, 2.75) is 12.5 Å². The highest BCUT2D eigenvalue weighted by Crippen LogP contribution is 2.33. The molecule has 5 nitrogen and oxygen atoms in total. The number of rotatable bonds is 4. The molecule has 154 valence electrons. The molecule has 2 unspecified atom stereocenters. The average molecular weight is 413 g/mol. The van der Waals surface area contributed by atoms with E-state index in [0.717, 1.165) is 56.7 Å². The highest BCUT2D eigenvalue weighted by molar-refractivity contribution is 6.30. The van der Waals surface area contributed by atoms with E-state index in [-0.39, 0.29) is 6.10 Å². The Bertz CT molecular complexity index is 821. The van der Waals surface area contributed by atoms with Crippen LogP contribution in [0.3, 0.4) is 0 Å². The van der Waals surface area contributed by atoms with Crippen LogP contribution in [0.25, 0.3) is 0 Å². The van der Waals surface area contributed by atoms with Gasteiger partial charge in [0, 0.05) is 63.0 Å². The molecule has 4 rings (SSSR count). The molecule has 1 N–H and O–H groups in total. The van der Waals surface area contributed by atoms with E-state index < -0.39 is 0 Å². The van der Waals surface area contributed by atoms with E-state index in [4.69, 9.17) is 16.3 Å². The number of nitrogens with one attached hydrogen (secondary N) is 1. The monoisotopic (exact) mass is 412 g/mol. The molecule has 2 aromatic carbocycles. The van der Waals surface area contributed by atoms with Crippen LogP contribution >= 0.6 is 11.6 Å². The van der Waals surface area contributed by atoms with Gasteiger partial charge in [-0.2, -0.15) is 0 Å². The SMILES string of the molecule is CN=C(NCC1CCOC1c1ccccc1)N1CCN(c2cccc(Cl)c2)CC1. The Hall–Kier alpha value is -2.24. The summed E-state index contributed by atoms with van der Waals surface area (Å²) in [6.45, 7) is 5.49. The first-order valence-electron chi connectivity index (χ1n) is 10.4. The first-order chi connectivity index (χ1) is 14.2. The largest absolute Gasteiger partial charge is 0.373 e. The number of hydrogen-bond donors (Lipinski definition) is 1. The van der Waals surface area contributed by atoms with Gasteiger partial charge in [0.2, 0.25) is 0 Å². The normalized spacial score (nSPS) is 22.8. The molecule has 6 heteroatoms. The summed E-state index contributed by atoms with van der Waals surface area (Å²) in [5.74, 6) is 1.44. The highest BCUT2D eigenvalue weighted by atomic mass is 35.5. The zero-order valence-corrected chi connectivity index (χ0v) is 17.7.